The zero-order valence-electron chi connectivity index (χ0n) is 4.20. The summed E-state index contributed by atoms with van der Waals surface area (Å²) >= 11 is 0. The van der Waals surface area contributed by atoms with Crippen LogP contribution in [0, 0.1) is 0 Å². The van der Waals surface area contributed by atoms with Crippen LogP contribution in [0.5, 0.6) is 0 Å². The summed E-state index contributed by atoms with van der Waals surface area (Å²) in [6.45, 7) is -1.72. The summed E-state index contributed by atoms with van der Waals surface area (Å²) in [6.07, 6.45) is 0. The monoisotopic (exact) mass is 140 g/mol. The normalized spacial score (nSPS) is 12.8. The molecule has 0 aliphatic heterocycles. The molecule has 0 aromatic rings. The summed E-state index contributed by atoms with van der Waals surface area (Å²) in [5, 5.41) is 7.64. The van der Waals surface area contributed by atoms with E-state index in [9.17, 15) is 18.0 Å². The molecule has 0 unspecified atom stereocenters. The summed E-state index contributed by atoms with van der Waals surface area (Å²) < 4.78 is 34.2. The lowest BCUT2D eigenvalue weighted by molar-refractivity contribution is -0.134. The molecule has 1 N–H and O–H groups in total. The first-order chi connectivity index (χ1) is 4.09. The van der Waals surface area contributed by atoms with Crippen LogP contribution in [0.1, 0.15) is 0 Å². The van der Waals surface area contributed by atoms with Gasteiger partial charge in [-0.2, -0.15) is 4.39 Å². The van der Waals surface area contributed by atoms with E-state index >= 15 is 0 Å². The van der Waals surface area contributed by atoms with Gasteiger partial charge in [0, 0.05) is 0 Å². The first-order valence-electron chi connectivity index (χ1n) is 1.93. The second kappa shape index (κ2) is 3.11. The largest absolute Gasteiger partial charge is 0.476 e. The smallest absolute Gasteiger partial charge is 0.367 e. The molecule has 2 nitrogen and oxygen atoms in total. The molecule has 0 radical (unpaired) electrons. The highest BCUT2D eigenvalue weighted by Gasteiger charge is 2.12. The maximum absolute atomic E-state index is 11.6. The van der Waals surface area contributed by atoms with Crippen LogP contribution in [0.4, 0.5) is 13.2 Å². The fourth-order valence-electron chi connectivity index (χ4n) is 0.175. The van der Waals surface area contributed by atoms with Crippen molar-refractivity contribution in [1.29, 1.82) is 0 Å². The molecule has 0 saturated heterocycles. The third-order valence-electron chi connectivity index (χ3n) is 0.543. The van der Waals surface area contributed by atoms with Gasteiger partial charge < -0.3 is 5.11 Å². The molecule has 0 amide bonds. The van der Waals surface area contributed by atoms with Crippen molar-refractivity contribution in [3.63, 3.8) is 0 Å². The first kappa shape index (κ1) is 8.00. The highest BCUT2D eigenvalue weighted by molar-refractivity contribution is 5.84. The van der Waals surface area contributed by atoms with Crippen molar-refractivity contribution in [2.45, 2.75) is 0 Å². The Bertz CT molecular complexity index is 152. The molecule has 5 heteroatoms. The number of hydrogen-bond acceptors (Lipinski definition) is 1. The number of rotatable bonds is 2. The van der Waals surface area contributed by atoms with Gasteiger partial charge in [-0.1, -0.05) is 0 Å². The van der Waals surface area contributed by atoms with Gasteiger partial charge in [-0.05, 0) is 0 Å². The highest BCUT2D eigenvalue weighted by Crippen LogP contribution is 2.07. The molecule has 0 aromatic heterocycles. The first-order valence-corrected chi connectivity index (χ1v) is 1.93. The number of aliphatic carboxylic acids is 1. The Labute approximate surface area is 48.6 Å². The molecule has 0 spiro atoms. The van der Waals surface area contributed by atoms with Crippen LogP contribution in [0.25, 0.3) is 0 Å². The molecule has 52 valence electrons. The number of alkyl halides is 1. The molecule has 9 heavy (non-hydrogen) atoms. The van der Waals surface area contributed by atoms with Gasteiger partial charge in [-0.3, -0.25) is 0 Å². The molecule has 0 bridgehead atoms. The maximum Gasteiger partial charge on any atom is 0.367 e. The van der Waals surface area contributed by atoms with Crippen LogP contribution < -0.4 is 0 Å². The van der Waals surface area contributed by atoms with Crippen molar-refractivity contribution >= 4 is 5.97 Å². The minimum Gasteiger partial charge on any atom is -0.476 e. The Balaban J connectivity index is 4.28. The standard InChI is InChI=1S/C4H3F3O2/c5-1-2(6)3(7)4(8)9/h1H2,(H,8,9). The van der Waals surface area contributed by atoms with Crippen molar-refractivity contribution < 1.29 is 23.1 Å². The van der Waals surface area contributed by atoms with Crippen LogP contribution in [0.3, 0.4) is 0 Å². The summed E-state index contributed by atoms with van der Waals surface area (Å²) in [5.41, 5.74) is 0. The average Bonchev–Trinajstić information content (AvgIpc) is 1.84. The third kappa shape index (κ3) is 2.16. The van der Waals surface area contributed by atoms with Crippen LogP contribution in [0.15, 0.2) is 11.7 Å². The molecule has 0 aliphatic carbocycles. The number of carboxylic acid groups (broad SMARTS) is 1. The van der Waals surface area contributed by atoms with Gasteiger partial charge >= 0.3 is 5.97 Å². The SMILES string of the molecule is O=C(O)C(F)=C(F)CF. The average molecular weight is 140 g/mol. The van der Waals surface area contributed by atoms with Gasteiger partial charge in [0.1, 0.15) is 6.67 Å². The zero-order valence-corrected chi connectivity index (χ0v) is 4.20. The fraction of sp³-hybridized carbons (Fsp3) is 0.250. The number of halogens is 3. The van der Waals surface area contributed by atoms with Crippen molar-refractivity contribution in [1.82, 2.24) is 0 Å². The lowest BCUT2D eigenvalue weighted by atomic mass is 10.5. The molecular weight excluding hydrogens is 137 g/mol. The molecule has 0 aliphatic rings. The van der Waals surface area contributed by atoms with Crippen LogP contribution in [-0.4, -0.2) is 17.8 Å². The number of carbonyl (C=O) groups is 1. The summed E-state index contributed by atoms with van der Waals surface area (Å²) in [5.74, 6) is -6.05. The third-order valence-corrected chi connectivity index (χ3v) is 0.543. The minimum absolute atomic E-state index is 1.72. The van der Waals surface area contributed by atoms with Crippen molar-refractivity contribution in [2.24, 2.45) is 0 Å². The van der Waals surface area contributed by atoms with Gasteiger partial charge in [0.15, 0.2) is 5.83 Å². The summed E-state index contributed by atoms with van der Waals surface area (Å²) in [4.78, 5) is 9.46. The lowest BCUT2D eigenvalue weighted by Gasteiger charge is -1.87. The topological polar surface area (TPSA) is 37.3 Å². The van der Waals surface area contributed by atoms with Gasteiger partial charge in [0.05, 0.1) is 0 Å². The molecule has 0 rings (SSSR count). The summed E-state index contributed by atoms with van der Waals surface area (Å²) in [7, 11) is 0. The highest BCUT2D eigenvalue weighted by atomic mass is 19.2. The van der Waals surface area contributed by atoms with Gasteiger partial charge in [0.25, 0.3) is 0 Å². The Hall–Kier alpha value is -1.00. The van der Waals surface area contributed by atoms with E-state index in [2.05, 4.69) is 0 Å². The second-order valence-corrected chi connectivity index (χ2v) is 1.16. The van der Waals surface area contributed by atoms with Crippen LogP contribution >= 0.6 is 0 Å². The van der Waals surface area contributed by atoms with E-state index < -0.39 is 24.3 Å². The molecule has 0 heterocycles. The van der Waals surface area contributed by atoms with Gasteiger partial charge in [0.2, 0.25) is 5.83 Å². The minimum atomic E-state index is -2.09. The van der Waals surface area contributed by atoms with E-state index in [1.165, 1.54) is 0 Å². The van der Waals surface area contributed by atoms with E-state index in [0.29, 0.717) is 0 Å². The number of hydrogen-bond donors (Lipinski definition) is 1. The number of allylic oxidation sites excluding steroid dienone is 1. The van der Waals surface area contributed by atoms with Crippen LogP contribution in [0.2, 0.25) is 0 Å². The second-order valence-electron chi connectivity index (χ2n) is 1.16. The predicted octanol–water partition coefficient (Wildman–Crippen LogP) is 1.19. The van der Waals surface area contributed by atoms with Crippen molar-refractivity contribution in [3.05, 3.63) is 11.7 Å². The Morgan fingerprint density at radius 2 is 1.89 bits per heavy atom. The van der Waals surface area contributed by atoms with E-state index in [1.807, 2.05) is 0 Å². The Morgan fingerprint density at radius 1 is 1.44 bits per heavy atom. The van der Waals surface area contributed by atoms with Gasteiger partial charge in [-0.15, -0.1) is 0 Å². The fourth-order valence-corrected chi connectivity index (χ4v) is 0.175. The quantitative estimate of drug-likeness (QED) is 0.585. The molecule has 0 saturated carbocycles. The van der Waals surface area contributed by atoms with Crippen molar-refractivity contribution in [2.75, 3.05) is 6.67 Å². The maximum atomic E-state index is 11.6. The van der Waals surface area contributed by atoms with Gasteiger partial charge in [-0.25, -0.2) is 13.6 Å². The zero-order chi connectivity index (χ0) is 7.44. The van der Waals surface area contributed by atoms with E-state index in [0.717, 1.165) is 0 Å². The predicted molar refractivity (Wildman–Crippen MR) is 22.9 cm³/mol. The summed E-state index contributed by atoms with van der Waals surface area (Å²) in [6, 6.07) is 0. The van der Waals surface area contributed by atoms with Crippen molar-refractivity contribution in [3.8, 4) is 0 Å². The Kier molecular flexibility index (Phi) is 2.77. The van der Waals surface area contributed by atoms with Crippen LogP contribution in [-0.2, 0) is 4.79 Å². The van der Waals surface area contributed by atoms with E-state index in [4.69, 9.17) is 5.11 Å². The molecule has 0 fully saturated rings. The molecule has 0 aromatic carbocycles. The number of carboxylic acids is 1. The van der Waals surface area contributed by atoms with E-state index in [-0.39, 0.29) is 0 Å². The molecular formula is C4H3F3O2. The molecule has 0 atom stereocenters. The van der Waals surface area contributed by atoms with E-state index in [1.54, 1.807) is 0 Å². The Morgan fingerprint density at radius 3 is 2.00 bits per heavy atom. The lowest BCUT2D eigenvalue weighted by Crippen LogP contribution is -1.98.